The van der Waals surface area contributed by atoms with Crippen molar-refractivity contribution in [2.45, 2.75) is 105 Å². The van der Waals surface area contributed by atoms with Gasteiger partial charge in [-0.05, 0) is 105 Å². The van der Waals surface area contributed by atoms with E-state index in [4.69, 9.17) is 9.47 Å². The summed E-state index contributed by atoms with van der Waals surface area (Å²) < 4.78 is 11.0. The van der Waals surface area contributed by atoms with Crippen LogP contribution in [-0.2, 0) is 19.1 Å². The molecule has 0 saturated heterocycles. The Morgan fingerprint density at radius 2 is 1.82 bits per heavy atom. The van der Waals surface area contributed by atoms with Gasteiger partial charge in [0.15, 0.2) is 0 Å². The van der Waals surface area contributed by atoms with Crippen molar-refractivity contribution in [1.82, 2.24) is 5.32 Å². The molecular formula is C28H47NO4. The van der Waals surface area contributed by atoms with Crippen molar-refractivity contribution in [2.24, 2.45) is 46.3 Å². The third-order valence-corrected chi connectivity index (χ3v) is 10.5. The Kier molecular flexibility index (Phi) is 7.21. The van der Waals surface area contributed by atoms with E-state index in [2.05, 4.69) is 33.0 Å². The van der Waals surface area contributed by atoms with Crippen molar-refractivity contribution < 1.29 is 19.1 Å². The molecule has 4 fully saturated rings. The lowest BCUT2D eigenvalue weighted by atomic mass is 9.43. The van der Waals surface area contributed by atoms with Crippen LogP contribution >= 0.6 is 0 Å². The highest BCUT2D eigenvalue weighted by molar-refractivity contribution is 5.74. The minimum Gasteiger partial charge on any atom is -0.469 e. The van der Waals surface area contributed by atoms with Crippen molar-refractivity contribution in [2.75, 3.05) is 13.7 Å². The Bertz CT molecular complexity index is 737. The fourth-order valence-corrected chi connectivity index (χ4v) is 9.03. The smallest absolute Gasteiger partial charge is 0.309 e. The van der Waals surface area contributed by atoms with Crippen LogP contribution in [0.5, 0.6) is 0 Å². The van der Waals surface area contributed by atoms with Gasteiger partial charge in [0, 0.05) is 13.0 Å². The number of esters is 2. The number of methoxy groups -OCH3 is 1. The minimum atomic E-state index is -0.140. The normalized spacial score (nSPS) is 44.5. The Morgan fingerprint density at radius 3 is 2.48 bits per heavy atom. The lowest BCUT2D eigenvalue weighted by Crippen LogP contribution is -2.62. The molecule has 0 heterocycles. The van der Waals surface area contributed by atoms with E-state index < -0.39 is 0 Å². The van der Waals surface area contributed by atoms with Gasteiger partial charge in [0.2, 0.25) is 0 Å². The van der Waals surface area contributed by atoms with Crippen molar-refractivity contribution in [3.8, 4) is 0 Å². The molecule has 0 aliphatic heterocycles. The maximum absolute atomic E-state index is 12.8. The van der Waals surface area contributed by atoms with Crippen LogP contribution in [0, 0.1) is 46.3 Å². The molecule has 5 nitrogen and oxygen atoms in total. The summed E-state index contributed by atoms with van der Waals surface area (Å²) in [7, 11) is 1.55. The molecule has 4 rings (SSSR count). The first kappa shape index (κ1) is 25.0. The Labute approximate surface area is 201 Å². The van der Waals surface area contributed by atoms with E-state index in [1.54, 1.807) is 14.0 Å². The highest BCUT2D eigenvalue weighted by Gasteiger charge is 2.64. The second-order valence-electron chi connectivity index (χ2n) is 12.7. The van der Waals surface area contributed by atoms with Gasteiger partial charge in [0.1, 0.15) is 6.10 Å². The Balaban J connectivity index is 1.62. The highest BCUT2D eigenvalue weighted by Crippen LogP contribution is 2.67. The summed E-state index contributed by atoms with van der Waals surface area (Å²) >= 11 is 0. The first-order valence-electron chi connectivity index (χ1n) is 13.6. The number of carbonyl (C=O) groups is 2. The van der Waals surface area contributed by atoms with E-state index >= 15 is 0 Å². The van der Waals surface area contributed by atoms with E-state index in [1.807, 2.05) is 0 Å². The molecule has 9 atom stereocenters. The lowest BCUT2D eigenvalue weighted by Gasteiger charge is -2.63. The van der Waals surface area contributed by atoms with Crippen LogP contribution in [0.2, 0.25) is 0 Å². The molecule has 4 aliphatic carbocycles. The van der Waals surface area contributed by atoms with E-state index in [9.17, 15) is 9.59 Å². The number of nitrogens with one attached hydrogen (secondary N) is 1. The Hall–Kier alpha value is -1.10. The fourth-order valence-electron chi connectivity index (χ4n) is 9.03. The summed E-state index contributed by atoms with van der Waals surface area (Å²) in [5.41, 5.74) is 0.307. The van der Waals surface area contributed by atoms with Crippen molar-refractivity contribution in [3.05, 3.63) is 0 Å². The number of ether oxygens (including phenoxy) is 2. The molecule has 4 unspecified atom stereocenters. The number of hydrogen-bond acceptors (Lipinski definition) is 5. The fraction of sp³-hybridized carbons (Fsp3) is 0.929. The molecule has 0 bridgehead atoms. The molecule has 0 spiro atoms. The minimum absolute atomic E-state index is 0.00108. The van der Waals surface area contributed by atoms with Gasteiger partial charge in [-0.1, -0.05) is 27.7 Å². The number of rotatable bonds is 6. The van der Waals surface area contributed by atoms with Gasteiger partial charge >= 0.3 is 11.9 Å². The van der Waals surface area contributed by atoms with Crippen molar-refractivity contribution >= 4 is 11.9 Å². The van der Waals surface area contributed by atoms with Gasteiger partial charge in [-0.15, -0.1) is 0 Å². The zero-order valence-corrected chi connectivity index (χ0v) is 21.8. The third-order valence-electron chi connectivity index (χ3n) is 10.5. The lowest BCUT2D eigenvalue weighted by molar-refractivity contribution is -0.169. The van der Waals surface area contributed by atoms with Gasteiger partial charge in [-0.3, -0.25) is 9.59 Å². The summed E-state index contributed by atoms with van der Waals surface area (Å²) in [6.07, 6.45) is 10.1. The second-order valence-corrected chi connectivity index (χ2v) is 12.7. The second kappa shape index (κ2) is 9.51. The predicted molar refractivity (Wildman–Crippen MR) is 129 cm³/mol. The molecule has 188 valence electrons. The molecule has 4 aliphatic rings. The van der Waals surface area contributed by atoms with Crippen LogP contribution in [0.4, 0.5) is 0 Å². The first-order valence-corrected chi connectivity index (χ1v) is 13.6. The van der Waals surface area contributed by atoms with Crippen molar-refractivity contribution in [3.63, 3.8) is 0 Å². The summed E-state index contributed by atoms with van der Waals surface area (Å²) in [4.78, 5) is 24.4. The van der Waals surface area contributed by atoms with Crippen LogP contribution in [0.3, 0.4) is 0 Å². The molecule has 1 N–H and O–H groups in total. The molecule has 0 amide bonds. The average Bonchev–Trinajstić information content (AvgIpc) is 3.09. The number of carbonyl (C=O) groups excluding carboxylic acids is 2. The number of hydrogen-bond donors (Lipinski definition) is 1. The first-order chi connectivity index (χ1) is 15.6. The monoisotopic (exact) mass is 461 g/mol. The van der Waals surface area contributed by atoms with Crippen LogP contribution in [0.15, 0.2) is 0 Å². The van der Waals surface area contributed by atoms with Crippen LogP contribution < -0.4 is 5.32 Å². The largest absolute Gasteiger partial charge is 0.469 e. The van der Waals surface area contributed by atoms with E-state index in [0.717, 1.165) is 45.1 Å². The molecule has 5 heteroatoms. The molecule has 4 saturated carbocycles. The maximum Gasteiger partial charge on any atom is 0.309 e. The third kappa shape index (κ3) is 4.48. The molecule has 0 aromatic carbocycles. The molecule has 0 radical (unpaired) electrons. The molecule has 0 aromatic heterocycles. The van der Waals surface area contributed by atoms with E-state index in [0.29, 0.717) is 35.6 Å². The van der Waals surface area contributed by atoms with Crippen LogP contribution in [0.25, 0.3) is 0 Å². The van der Waals surface area contributed by atoms with Gasteiger partial charge < -0.3 is 14.8 Å². The van der Waals surface area contributed by atoms with Crippen LogP contribution in [-0.4, -0.2) is 37.7 Å². The predicted octanol–water partition coefficient (Wildman–Crippen LogP) is 5.36. The summed E-state index contributed by atoms with van der Waals surface area (Å²) in [5.74, 6) is 3.11. The zero-order chi connectivity index (χ0) is 24.0. The standard InChI is InChI=1S/C28H47NO4/c1-17(2)12-14-29-24-16-28(5)22(9-10-23(28)26(31)32-6)21-8-7-19-15-20(33-18(3)30)11-13-27(19,4)25(21)24/h17,19-25,29H,7-16H2,1-6H3/t19?,20?,21-,22-,23?,24?,25-,27-,28-/m0/s1. The average molecular weight is 462 g/mol. The summed E-state index contributed by atoms with van der Waals surface area (Å²) in [6.45, 7) is 12.1. The summed E-state index contributed by atoms with van der Waals surface area (Å²) in [6, 6.07) is 0.443. The maximum atomic E-state index is 12.8. The van der Waals surface area contributed by atoms with Crippen molar-refractivity contribution in [1.29, 1.82) is 0 Å². The highest BCUT2D eigenvalue weighted by atomic mass is 16.5. The topological polar surface area (TPSA) is 64.6 Å². The Morgan fingerprint density at radius 1 is 1.06 bits per heavy atom. The van der Waals surface area contributed by atoms with Crippen LogP contribution in [0.1, 0.15) is 92.4 Å². The SMILES string of the molecule is COC(=O)C1CC[C@H]2[C@@H]3CCC4CC(OC(C)=O)CC[C@]4(C)[C@@H]3C(NCCC(C)C)C[C@]12C. The van der Waals surface area contributed by atoms with Gasteiger partial charge in [-0.25, -0.2) is 0 Å². The molecule has 33 heavy (non-hydrogen) atoms. The summed E-state index contributed by atoms with van der Waals surface area (Å²) in [5, 5.41) is 4.03. The quantitative estimate of drug-likeness (QED) is 0.539. The van der Waals surface area contributed by atoms with Gasteiger partial charge in [0.25, 0.3) is 0 Å². The molecular weight excluding hydrogens is 414 g/mol. The number of fused-ring (bicyclic) bond motifs is 5. The van der Waals surface area contributed by atoms with E-state index in [-0.39, 0.29) is 34.8 Å². The van der Waals surface area contributed by atoms with Gasteiger partial charge in [-0.2, -0.15) is 0 Å². The zero-order valence-electron chi connectivity index (χ0n) is 21.8. The molecule has 0 aromatic rings. The van der Waals surface area contributed by atoms with Gasteiger partial charge in [0.05, 0.1) is 13.0 Å². The van der Waals surface area contributed by atoms with E-state index in [1.165, 1.54) is 19.3 Å².